The summed E-state index contributed by atoms with van der Waals surface area (Å²) >= 11 is 0. The van der Waals surface area contributed by atoms with Crippen molar-refractivity contribution >= 4 is 11.3 Å². The Bertz CT molecular complexity index is 893. The maximum atomic E-state index is 12.4. The van der Waals surface area contributed by atoms with Gasteiger partial charge in [0.15, 0.2) is 11.3 Å². The highest BCUT2D eigenvalue weighted by Crippen LogP contribution is 2.19. The molecule has 3 aromatic rings. The third-order valence-corrected chi connectivity index (χ3v) is 4.09. The molecule has 0 bridgehead atoms. The SMILES string of the molecule is CCC/C=C\Cc1cnc2[nH]c(=O)n(C(C)c3ccccc3)c2n1. The van der Waals surface area contributed by atoms with Crippen molar-refractivity contribution in [1.82, 2.24) is 19.5 Å². The minimum atomic E-state index is -0.181. The number of imidazole rings is 1. The van der Waals surface area contributed by atoms with E-state index in [0.29, 0.717) is 11.3 Å². The monoisotopic (exact) mass is 322 g/mol. The lowest BCUT2D eigenvalue weighted by molar-refractivity contribution is 0.630. The van der Waals surface area contributed by atoms with Crippen LogP contribution in [-0.2, 0) is 6.42 Å². The fourth-order valence-electron chi connectivity index (χ4n) is 2.76. The van der Waals surface area contributed by atoms with Crippen LogP contribution in [-0.4, -0.2) is 19.5 Å². The lowest BCUT2D eigenvalue weighted by atomic mass is 10.1. The Morgan fingerprint density at radius 3 is 2.79 bits per heavy atom. The van der Waals surface area contributed by atoms with Crippen molar-refractivity contribution in [3.63, 3.8) is 0 Å². The van der Waals surface area contributed by atoms with Gasteiger partial charge in [0.05, 0.1) is 17.9 Å². The molecule has 5 heteroatoms. The van der Waals surface area contributed by atoms with E-state index in [9.17, 15) is 4.79 Å². The molecule has 0 saturated carbocycles. The Morgan fingerprint density at radius 2 is 2.04 bits per heavy atom. The second kappa shape index (κ2) is 7.25. The van der Waals surface area contributed by atoms with Crippen molar-refractivity contribution in [1.29, 1.82) is 0 Å². The number of H-pyrrole nitrogens is 1. The van der Waals surface area contributed by atoms with Crippen molar-refractivity contribution in [3.8, 4) is 0 Å². The number of unbranched alkanes of at least 4 members (excludes halogenated alkanes) is 1. The van der Waals surface area contributed by atoms with Crippen LogP contribution in [0.15, 0.2) is 53.5 Å². The maximum Gasteiger partial charge on any atom is 0.329 e. The Morgan fingerprint density at radius 1 is 1.25 bits per heavy atom. The molecule has 124 valence electrons. The zero-order chi connectivity index (χ0) is 16.9. The number of hydrogen-bond acceptors (Lipinski definition) is 3. The molecule has 0 spiro atoms. The minimum absolute atomic E-state index is 0.104. The van der Waals surface area contributed by atoms with Crippen molar-refractivity contribution < 1.29 is 0 Å². The number of allylic oxidation sites excluding steroid dienone is 2. The highest BCUT2D eigenvalue weighted by Gasteiger charge is 2.16. The van der Waals surface area contributed by atoms with Crippen LogP contribution in [0.1, 0.15) is 44.0 Å². The third kappa shape index (κ3) is 3.30. The fourth-order valence-corrected chi connectivity index (χ4v) is 2.76. The summed E-state index contributed by atoms with van der Waals surface area (Å²) in [4.78, 5) is 24.2. The van der Waals surface area contributed by atoms with E-state index in [-0.39, 0.29) is 11.7 Å². The summed E-state index contributed by atoms with van der Waals surface area (Å²) in [5.74, 6) is 0. The van der Waals surface area contributed by atoms with Gasteiger partial charge in [-0.3, -0.25) is 9.55 Å². The molecule has 1 N–H and O–H groups in total. The average Bonchev–Trinajstić information content (AvgIpc) is 2.94. The number of hydrogen-bond donors (Lipinski definition) is 1. The van der Waals surface area contributed by atoms with Crippen LogP contribution in [0.3, 0.4) is 0 Å². The molecule has 1 atom stereocenters. The average molecular weight is 322 g/mol. The summed E-state index contributed by atoms with van der Waals surface area (Å²) < 4.78 is 1.68. The Labute approximate surface area is 141 Å². The van der Waals surface area contributed by atoms with Crippen molar-refractivity contribution in [2.75, 3.05) is 0 Å². The van der Waals surface area contributed by atoms with E-state index < -0.39 is 0 Å². The van der Waals surface area contributed by atoms with Crippen LogP contribution in [0.4, 0.5) is 0 Å². The molecule has 5 nitrogen and oxygen atoms in total. The summed E-state index contributed by atoms with van der Waals surface area (Å²) in [6, 6.07) is 9.84. The van der Waals surface area contributed by atoms with Crippen molar-refractivity contribution in [2.24, 2.45) is 0 Å². The number of aromatic amines is 1. The van der Waals surface area contributed by atoms with Gasteiger partial charge >= 0.3 is 5.69 Å². The molecule has 1 unspecified atom stereocenters. The van der Waals surface area contributed by atoms with Crippen LogP contribution < -0.4 is 5.69 Å². The highest BCUT2D eigenvalue weighted by atomic mass is 16.1. The smallest absolute Gasteiger partial charge is 0.289 e. The molecule has 3 rings (SSSR count). The molecule has 0 radical (unpaired) electrons. The largest absolute Gasteiger partial charge is 0.329 e. The van der Waals surface area contributed by atoms with Crippen LogP contribution >= 0.6 is 0 Å². The minimum Gasteiger partial charge on any atom is -0.289 e. The normalized spacial score (nSPS) is 12.9. The standard InChI is InChI=1S/C19H22N4O/c1-3-4-5-9-12-16-13-20-17-18(21-16)23(19(24)22-17)14(2)15-10-7-6-8-11-15/h5-11,13-14H,3-4,12H2,1-2H3,(H,20,22,24)/b9-5-. The van der Waals surface area contributed by atoms with Gasteiger partial charge in [-0.05, 0) is 18.9 Å². The Balaban J connectivity index is 1.98. The fraction of sp³-hybridized carbons (Fsp3) is 0.316. The molecule has 0 aliphatic carbocycles. The Kier molecular flexibility index (Phi) is 4.89. The first kappa shape index (κ1) is 16.2. The summed E-state index contributed by atoms with van der Waals surface area (Å²) in [7, 11) is 0. The van der Waals surface area contributed by atoms with E-state index in [1.54, 1.807) is 10.8 Å². The van der Waals surface area contributed by atoms with Gasteiger partial charge in [-0.1, -0.05) is 55.8 Å². The van der Waals surface area contributed by atoms with Crippen molar-refractivity contribution in [2.45, 2.75) is 39.2 Å². The molecule has 0 fully saturated rings. The number of aromatic nitrogens is 4. The van der Waals surface area contributed by atoms with Gasteiger partial charge < -0.3 is 0 Å². The summed E-state index contributed by atoms with van der Waals surface area (Å²) in [6.45, 7) is 4.15. The molecule has 24 heavy (non-hydrogen) atoms. The zero-order valence-corrected chi connectivity index (χ0v) is 14.1. The predicted octanol–water partition coefficient (Wildman–Crippen LogP) is 3.63. The first-order valence-electron chi connectivity index (χ1n) is 8.36. The molecular weight excluding hydrogens is 300 g/mol. The molecule has 2 heterocycles. The number of nitrogens with one attached hydrogen (secondary N) is 1. The van der Waals surface area contributed by atoms with Gasteiger partial charge in [-0.2, -0.15) is 0 Å². The zero-order valence-electron chi connectivity index (χ0n) is 14.1. The molecule has 2 aromatic heterocycles. The van der Waals surface area contributed by atoms with Gasteiger partial charge in [0.25, 0.3) is 0 Å². The quantitative estimate of drug-likeness (QED) is 0.705. The summed E-state index contributed by atoms with van der Waals surface area (Å²) in [6.07, 6.45) is 8.91. The highest BCUT2D eigenvalue weighted by molar-refractivity contribution is 5.65. The van der Waals surface area contributed by atoms with Crippen LogP contribution in [0.2, 0.25) is 0 Å². The van der Waals surface area contributed by atoms with E-state index in [4.69, 9.17) is 0 Å². The van der Waals surface area contributed by atoms with Crippen LogP contribution in [0.5, 0.6) is 0 Å². The lowest BCUT2D eigenvalue weighted by Crippen LogP contribution is -2.21. The third-order valence-electron chi connectivity index (χ3n) is 4.09. The van der Waals surface area contributed by atoms with Gasteiger partial charge in [-0.15, -0.1) is 0 Å². The number of benzene rings is 1. The van der Waals surface area contributed by atoms with Gasteiger partial charge in [0.2, 0.25) is 0 Å². The summed E-state index contributed by atoms with van der Waals surface area (Å²) in [5.41, 5.74) is 2.89. The molecule has 0 amide bonds. The summed E-state index contributed by atoms with van der Waals surface area (Å²) in [5, 5.41) is 0. The van der Waals surface area contributed by atoms with E-state index in [0.717, 1.165) is 30.5 Å². The van der Waals surface area contributed by atoms with Gasteiger partial charge in [0, 0.05) is 6.42 Å². The second-order valence-electron chi connectivity index (χ2n) is 5.88. The molecule has 1 aromatic carbocycles. The molecule has 0 aliphatic rings. The number of fused-ring (bicyclic) bond motifs is 1. The van der Waals surface area contributed by atoms with E-state index in [1.807, 2.05) is 37.3 Å². The first-order chi connectivity index (χ1) is 11.7. The van der Waals surface area contributed by atoms with E-state index in [2.05, 4.69) is 34.0 Å². The van der Waals surface area contributed by atoms with Crippen LogP contribution in [0.25, 0.3) is 11.3 Å². The lowest BCUT2D eigenvalue weighted by Gasteiger charge is -2.13. The molecule has 0 saturated heterocycles. The topological polar surface area (TPSA) is 63.6 Å². The maximum absolute atomic E-state index is 12.4. The Hall–Kier alpha value is -2.69. The molecular formula is C19H22N4O. The second-order valence-corrected chi connectivity index (χ2v) is 5.88. The predicted molar refractivity (Wildman–Crippen MR) is 96.2 cm³/mol. The van der Waals surface area contributed by atoms with E-state index >= 15 is 0 Å². The van der Waals surface area contributed by atoms with Gasteiger partial charge in [-0.25, -0.2) is 14.8 Å². The van der Waals surface area contributed by atoms with E-state index in [1.165, 1.54) is 0 Å². The number of nitrogens with zero attached hydrogens (tertiary/aromatic N) is 3. The van der Waals surface area contributed by atoms with Crippen LogP contribution in [0, 0.1) is 0 Å². The van der Waals surface area contributed by atoms with Gasteiger partial charge in [0.1, 0.15) is 0 Å². The molecule has 0 aliphatic heterocycles. The van der Waals surface area contributed by atoms with Crippen molar-refractivity contribution in [3.05, 3.63) is 70.4 Å². The number of rotatable bonds is 6. The first-order valence-corrected chi connectivity index (χ1v) is 8.36.